The maximum Gasteiger partial charge on any atom is 0.363 e. The number of rotatable bonds is 5. The van der Waals surface area contributed by atoms with Crippen molar-refractivity contribution in [1.82, 2.24) is 15.1 Å². The number of aromatic carboxylic acids is 1. The predicted molar refractivity (Wildman–Crippen MR) is 57.7 cm³/mol. The Morgan fingerprint density at radius 1 is 1.67 bits per heavy atom. The molecule has 0 aliphatic heterocycles. The van der Waals surface area contributed by atoms with Gasteiger partial charge in [-0.2, -0.15) is 5.10 Å². The molecule has 1 aromatic rings. The van der Waals surface area contributed by atoms with Crippen LogP contribution in [-0.2, 0) is 11.3 Å². The Bertz CT molecular complexity index is 510. The third-order valence-electron chi connectivity index (χ3n) is 1.83. The highest BCUT2D eigenvalue weighted by Crippen LogP contribution is 2.16. The van der Waals surface area contributed by atoms with E-state index in [1.54, 1.807) is 0 Å². The standard InChI is InChI=1S/C9H8N4O5/c1-2-3-10-7(14)5-12-4-6(13(17)18)8(11-12)9(15)16/h1,4H,3,5H2,(H,10,14)(H,15,16). The summed E-state index contributed by atoms with van der Waals surface area (Å²) in [6.07, 6.45) is 5.80. The van der Waals surface area contributed by atoms with E-state index in [0.29, 0.717) is 0 Å². The van der Waals surface area contributed by atoms with Gasteiger partial charge in [-0.1, -0.05) is 5.92 Å². The maximum atomic E-state index is 11.2. The van der Waals surface area contributed by atoms with Crippen LogP contribution in [0.25, 0.3) is 0 Å². The van der Waals surface area contributed by atoms with Crippen LogP contribution >= 0.6 is 0 Å². The highest BCUT2D eigenvalue weighted by Gasteiger charge is 2.25. The number of hydrogen-bond acceptors (Lipinski definition) is 5. The van der Waals surface area contributed by atoms with Gasteiger partial charge in [0, 0.05) is 0 Å². The molecule has 1 amide bonds. The van der Waals surface area contributed by atoms with Crippen molar-refractivity contribution in [2.45, 2.75) is 6.54 Å². The Balaban J connectivity index is 2.89. The number of amides is 1. The maximum absolute atomic E-state index is 11.2. The summed E-state index contributed by atoms with van der Waals surface area (Å²) in [5.74, 6) is 0.110. The summed E-state index contributed by atoms with van der Waals surface area (Å²) in [6, 6.07) is 0. The van der Waals surface area contributed by atoms with Gasteiger partial charge < -0.3 is 10.4 Å². The molecular formula is C9H8N4O5. The summed E-state index contributed by atoms with van der Waals surface area (Å²) in [5.41, 5.74) is -1.39. The first-order valence-corrected chi connectivity index (χ1v) is 4.61. The molecule has 1 heterocycles. The number of terminal acetylenes is 1. The van der Waals surface area contributed by atoms with Crippen LogP contribution in [0.5, 0.6) is 0 Å². The zero-order valence-electron chi connectivity index (χ0n) is 8.99. The van der Waals surface area contributed by atoms with Gasteiger partial charge in [0.25, 0.3) is 0 Å². The first-order valence-electron chi connectivity index (χ1n) is 4.61. The molecule has 0 aromatic carbocycles. The van der Waals surface area contributed by atoms with Crippen molar-refractivity contribution in [2.75, 3.05) is 6.54 Å². The van der Waals surface area contributed by atoms with Crippen LogP contribution in [0.2, 0.25) is 0 Å². The zero-order valence-corrected chi connectivity index (χ0v) is 8.99. The summed E-state index contributed by atoms with van der Waals surface area (Å²) >= 11 is 0. The van der Waals surface area contributed by atoms with E-state index in [1.807, 2.05) is 0 Å². The molecule has 0 unspecified atom stereocenters. The molecule has 18 heavy (non-hydrogen) atoms. The van der Waals surface area contributed by atoms with E-state index in [-0.39, 0.29) is 13.1 Å². The van der Waals surface area contributed by atoms with E-state index >= 15 is 0 Å². The second-order valence-electron chi connectivity index (χ2n) is 3.10. The average Bonchev–Trinajstić information content (AvgIpc) is 2.70. The van der Waals surface area contributed by atoms with Gasteiger partial charge in [-0.25, -0.2) is 4.79 Å². The van der Waals surface area contributed by atoms with Gasteiger partial charge in [-0.3, -0.25) is 19.6 Å². The van der Waals surface area contributed by atoms with Crippen LogP contribution in [-0.4, -0.2) is 38.2 Å². The molecule has 0 saturated carbocycles. The van der Waals surface area contributed by atoms with E-state index in [4.69, 9.17) is 11.5 Å². The van der Waals surface area contributed by atoms with E-state index in [1.165, 1.54) is 0 Å². The number of carbonyl (C=O) groups excluding carboxylic acids is 1. The monoisotopic (exact) mass is 252 g/mol. The molecule has 9 heteroatoms. The Morgan fingerprint density at radius 2 is 2.33 bits per heavy atom. The van der Waals surface area contributed by atoms with Crippen LogP contribution in [0.15, 0.2) is 6.20 Å². The molecule has 0 aliphatic rings. The number of aromatic nitrogens is 2. The van der Waals surface area contributed by atoms with Crippen LogP contribution in [0.1, 0.15) is 10.5 Å². The summed E-state index contributed by atoms with van der Waals surface area (Å²) in [7, 11) is 0. The van der Waals surface area contributed by atoms with E-state index in [0.717, 1.165) is 10.9 Å². The van der Waals surface area contributed by atoms with Crippen molar-refractivity contribution in [2.24, 2.45) is 0 Å². The van der Waals surface area contributed by atoms with Crippen molar-refractivity contribution in [3.05, 3.63) is 22.0 Å². The van der Waals surface area contributed by atoms with Gasteiger partial charge in [0.05, 0.1) is 11.5 Å². The summed E-state index contributed by atoms with van der Waals surface area (Å²) < 4.78 is 0.868. The van der Waals surface area contributed by atoms with E-state index in [9.17, 15) is 19.7 Å². The fourth-order valence-corrected chi connectivity index (χ4v) is 1.13. The molecule has 0 fully saturated rings. The quantitative estimate of drug-likeness (QED) is 0.402. The summed E-state index contributed by atoms with van der Waals surface area (Å²) in [6.45, 7) is -0.343. The van der Waals surface area contributed by atoms with Crippen molar-refractivity contribution in [3.63, 3.8) is 0 Å². The molecule has 0 saturated heterocycles. The molecule has 0 bridgehead atoms. The summed E-state index contributed by atoms with van der Waals surface area (Å²) in [5, 5.41) is 25.0. The molecule has 94 valence electrons. The topological polar surface area (TPSA) is 127 Å². The molecule has 0 aliphatic carbocycles. The molecular weight excluding hydrogens is 244 g/mol. The summed E-state index contributed by atoms with van der Waals surface area (Å²) in [4.78, 5) is 31.6. The molecule has 9 nitrogen and oxygen atoms in total. The van der Waals surface area contributed by atoms with E-state index in [2.05, 4.69) is 16.3 Å². The lowest BCUT2D eigenvalue weighted by Crippen LogP contribution is -2.28. The third kappa shape index (κ3) is 3.05. The lowest BCUT2D eigenvalue weighted by Gasteiger charge is -2.00. The van der Waals surface area contributed by atoms with Gasteiger partial charge in [0.2, 0.25) is 11.6 Å². The second kappa shape index (κ2) is 5.44. The minimum absolute atomic E-state index is 0.00792. The van der Waals surface area contributed by atoms with Gasteiger partial charge in [-0.05, 0) is 0 Å². The Kier molecular flexibility index (Phi) is 3.98. The fraction of sp³-hybridized carbons (Fsp3) is 0.222. The van der Waals surface area contributed by atoms with Crippen LogP contribution in [0.3, 0.4) is 0 Å². The lowest BCUT2D eigenvalue weighted by atomic mass is 10.4. The molecule has 0 spiro atoms. The van der Waals surface area contributed by atoms with Gasteiger partial charge >= 0.3 is 11.7 Å². The number of carboxylic acid groups (broad SMARTS) is 1. The van der Waals surface area contributed by atoms with Gasteiger partial charge in [0.15, 0.2) is 0 Å². The lowest BCUT2D eigenvalue weighted by molar-refractivity contribution is -0.385. The van der Waals surface area contributed by atoms with Crippen LogP contribution < -0.4 is 5.32 Å². The fourth-order valence-electron chi connectivity index (χ4n) is 1.13. The number of nitro groups is 1. The van der Waals surface area contributed by atoms with Crippen molar-refractivity contribution < 1.29 is 19.6 Å². The Hall–Kier alpha value is -2.89. The molecule has 0 radical (unpaired) electrons. The molecule has 1 rings (SSSR count). The van der Waals surface area contributed by atoms with Crippen LogP contribution in [0, 0.1) is 22.5 Å². The SMILES string of the molecule is C#CCNC(=O)Cn1cc([N+](=O)[O-])c(C(=O)O)n1. The normalized spacial score (nSPS) is 9.50. The first-order chi connectivity index (χ1) is 8.45. The highest BCUT2D eigenvalue weighted by atomic mass is 16.6. The number of carboxylic acids is 1. The largest absolute Gasteiger partial charge is 0.476 e. The van der Waals surface area contributed by atoms with Crippen LogP contribution in [0.4, 0.5) is 5.69 Å². The number of nitrogens with zero attached hydrogens (tertiary/aromatic N) is 3. The minimum Gasteiger partial charge on any atom is -0.476 e. The Labute approximate surface area is 101 Å². The third-order valence-corrected chi connectivity index (χ3v) is 1.83. The number of hydrogen-bond donors (Lipinski definition) is 2. The number of carbonyl (C=O) groups is 2. The van der Waals surface area contributed by atoms with E-state index < -0.39 is 28.2 Å². The Morgan fingerprint density at radius 3 is 2.78 bits per heavy atom. The minimum atomic E-state index is -1.54. The smallest absolute Gasteiger partial charge is 0.363 e. The predicted octanol–water partition coefficient (Wildman–Crippen LogP) is -0.761. The zero-order chi connectivity index (χ0) is 13.7. The molecule has 0 atom stereocenters. The van der Waals surface area contributed by atoms with Gasteiger partial charge in [0.1, 0.15) is 12.7 Å². The first kappa shape index (κ1) is 13.2. The van der Waals surface area contributed by atoms with Gasteiger partial charge in [-0.15, -0.1) is 6.42 Å². The molecule has 1 aromatic heterocycles. The number of nitrogens with one attached hydrogen (secondary N) is 1. The highest BCUT2D eigenvalue weighted by molar-refractivity contribution is 5.90. The van der Waals surface area contributed by atoms with Crippen molar-refractivity contribution >= 4 is 17.6 Å². The second-order valence-corrected chi connectivity index (χ2v) is 3.10. The van der Waals surface area contributed by atoms with Crippen molar-refractivity contribution in [3.8, 4) is 12.3 Å². The average molecular weight is 252 g/mol. The van der Waals surface area contributed by atoms with Crippen molar-refractivity contribution in [1.29, 1.82) is 0 Å². The molecule has 2 N–H and O–H groups in total.